The van der Waals surface area contributed by atoms with Crippen LogP contribution in [0.1, 0.15) is 31.2 Å². The molecule has 0 aliphatic heterocycles. The molecule has 244 valence electrons. The lowest BCUT2D eigenvalue weighted by Gasteiger charge is -2.47. The van der Waals surface area contributed by atoms with E-state index in [0.29, 0.717) is 17.0 Å². The summed E-state index contributed by atoms with van der Waals surface area (Å²) in [6, 6.07) is 19.2. The predicted molar refractivity (Wildman–Crippen MR) is 180 cm³/mol. The average molecular weight is 665 g/mol. The summed E-state index contributed by atoms with van der Waals surface area (Å²) in [6.45, 7) is 1.88. The summed E-state index contributed by atoms with van der Waals surface area (Å²) in [6.07, 6.45) is 8.26. The van der Waals surface area contributed by atoms with Gasteiger partial charge in [0.25, 0.3) is 10.0 Å². The van der Waals surface area contributed by atoms with Gasteiger partial charge in [0.2, 0.25) is 0 Å². The number of hydrogen-bond acceptors (Lipinski definition) is 8. The third-order valence-electron chi connectivity index (χ3n) is 9.97. The van der Waals surface area contributed by atoms with Crippen LogP contribution in [0, 0.1) is 30.5 Å². The van der Waals surface area contributed by atoms with Gasteiger partial charge < -0.3 is 14.6 Å². The number of anilines is 1. The molecule has 12 heteroatoms. The van der Waals surface area contributed by atoms with Crippen LogP contribution in [-0.4, -0.2) is 51.0 Å². The number of esters is 1. The second kappa shape index (κ2) is 11.6. The largest absolute Gasteiger partial charge is 0.469 e. The van der Waals surface area contributed by atoms with Crippen LogP contribution in [0.4, 0.5) is 10.2 Å². The van der Waals surface area contributed by atoms with Crippen LogP contribution in [0.15, 0.2) is 90.2 Å². The van der Waals surface area contributed by atoms with Gasteiger partial charge in [0.15, 0.2) is 17.1 Å². The monoisotopic (exact) mass is 664 g/mol. The highest BCUT2D eigenvalue weighted by molar-refractivity contribution is 7.90. The van der Waals surface area contributed by atoms with Crippen molar-refractivity contribution in [2.75, 3.05) is 12.4 Å². The molecule has 3 aliphatic rings. The molecule has 2 atom stereocenters. The minimum Gasteiger partial charge on any atom is -0.469 e. The predicted octanol–water partition coefficient (Wildman–Crippen LogP) is 6.51. The number of rotatable bonds is 7. The first kappa shape index (κ1) is 30.2. The molecule has 2 aromatic carbocycles. The Morgan fingerprint density at radius 2 is 1.67 bits per heavy atom. The Morgan fingerprint density at radius 3 is 2.40 bits per heavy atom. The quantitative estimate of drug-likeness (QED) is 0.192. The van der Waals surface area contributed by atoms with E-state index >= 15 is 0 Å². The van der Waals surface area contributed by atoms with Crippen LogP contribution in [0.25, 0.3) is 39.1 Å². The van der Waals surface area contributed by atoms with E-state index < -0.39 is 15.8 Å². The van der Waals surface area contributed by atoms with Crippen LogP contribution in [0.2, 0.25) is 0 Å². The van der Waals surface area contributed by atoms with Crippen LogP contribution in [-0.2, 0) is 19.6 Å². The maximum absolute atomic E-state index is 14.8. The lowest BCUT2D eigenvalue weighted by molar-refractivity contribution is -0.152. The van der Waals surface area contributed by atoms with E-state index in [9.17, 15) is 17.6 Å². The van der Waals surface area contributed by atoms with Crippen molar-refractivity contribution in [3.05, 3.63) is 96.7 Å². The highest BCUT2D eigenvalue weighted by Crippen LogP contribution is 2.47. The summed E-state index contributed by atoms with van der Waals surface area (Å²) in [4.78, 5) is 27.4. The minimum atomic E-state index is -4.12. The summed E-state index contributed by atoms with van der Waals surface area (Å²) in [5, 5.41) is 4.62. The summed E-state index contributed by atoms with van der Waals surface area (Å²) in [5.41, 5.74) is 2.70. The Kier molecular flexibility index (Phi) is 7.28. The number of methoxy groups -OCH3 is 1. The van der Waals surface area contributed by atoms with E-state index in [-0.39, 0.29) is 51.5 Å². The second-order valence-electron chi connectivity index (χ2n) is 12.7. The molecule has 3 saturated carbocycles. The molecule has 6 aromatic rings. The molecular weight excluding hydrogens is 631 g/mol. The molecule has 10 nitrogen and oxygen atoms in total. The maximum atomic E-state index is 14.8. The lowest BCUT2D eigenvalue weighted by atomic mass is 9.61. The zero-order valence-electron chi connectivity index (χ0n) is 26.4. The van der Waals surface area contributed by atoms with Gasteiger partial charge in [-0.25, -0.2) is 31.7 Å². The van der Waals surface area contributed by atoms with Crippen molar-refractivity contribution in [1.29, 1.82) is 0 Å². The fraction of sp³-hybridized carbons (Fsp3) is 0.278. The Labute approximate surface area is 276 Å². The van der Waals surface area contributed by atoms with Gasteiger partial charge in [0, 0.05) is 35.1 Å². The molecular formula is C36H33FN6O4S. The third-order valence-corrected chi connectivity index (χ3v) is 11.6. The van der Waals surface area contributed by atoms with Crippen LogP contribution >= 0.6 is 0 Å². The molecule has 4 heterocycles. The fourth-order valence-electron chi connectivity index (χ4n) is 7.57. The maximum Gasteiger partial charge on any atom is 0.311 e. The van der Waals surface area contributed by atoms with Crippen LogP contribution < -0.4 is 5.32 Å². The highest BCUT2D eigenvalue weighted by atomic mass is 32.2. The van der Waals surface area contributed by atoms with Gasteiger partial charge in [-0.1, -0.05) is 35.9 Å². The van der Waals surface area contributed by atoms with Crippen molar-refractivity contribution >= 4 is 43.9 Å². The Bertz CT molecular complexity index is 2290. The van der Waals surface area contributed by atoms with Crippen molar-refractivity contribution in [3.63, 3.8) is 0 Å². The number of ether oxygens (including phenoxy) is 1. The molecule has 0 amide bonds. The van der Waals surface area contributed by atoms with Gasteiger partial charge in [-0.05, 0) is 80.8 Å². The van der Waals surface area contributed by atoms with E-state index in [1.54, 1.807) is 12.1 Å². The summed E-state index contributed by atoms with van der Waals surface area (Å²) >= 11 is 0. The molecule has 0 saturated heterocycles. The zero-order valence-corrected chi connectivity index (χ0v) is 27.2. The number of carbonyl (C=O) groups is 1. The minimum absolute atomic E-state index is 0.0546. The van der Waals surface area contributed by atoms with E-state index in [1.807, 2.05) is 54.1 Å². The molecule has 4 aromatic heterocycles. The highest BCUT2D eigenvalue weighted by Gasteiger charge is 2.48. The number of hydrogen-bond donors (Lipinski definition) is 1. The summed E-state index contributed by atoms with van der Waals surface area (Å²) < 4.78 is 51.0. The van der Waals surface area contributed by atoms with Crippen molar-refractivity contribution in [3.8, 4) is 17.1 Å². The van der Waals surface area contributed by atoms with Gasteiger partial charge in [0.1, 0.15) is 11.6 Å². The second-order valence-corrected chi connectivity index (χ2v) is 14.5. The number of fused-ring (bicyclic) bond motifs is 5. The van der Waals surface area contributed by atoms with Gasteiger partial charge in [-0.2, -0.15) is 0 Å². The SMILES string of the molecule is COC(=O)C1C2CCC(CC2)C1Nc1nc(-c2cn(S(=O)(=O)c3ccc(C)cc3)c3ncc(F)cc23)nc2c1ccn2-c1ccccc1. The first-order valence-electron chi connectivity index (χ1n) is 16.0. The normalized spacial score (nSPS) is 20.7. The van der Waals surface area contributed by atoms with Crippen LogP contribution in [0.5, 0.6) is 0 Å². The van der Waals surface area contributed by atoms with Gasteiger partial charge in [-0.3, -0.25) is 4.79 Å². The average Bonchev–Trinajstić information content (AvgIpc) is 3.71. The Hall–Kier alpha value is -5.10. The molecule has 3 aliphatic carbocycles. The fourth-order valence-corrected chi connectivity index (χ4v) is 8.90. The standard InChI is InChI=1S/C36H33FN6O4S/c1-21-8-14-26(15-9-21)48(45,46)43-20-29(28-18-24(37)19-38-34(28)43)33-40-32(27-16-17-42(35(27)41-33)25-6-4-3-5-7-25)39-31-23-12-10-22(11-13-23)30(31)36(44)47-2/h3-9,14-20,22-23,30-31H,10-13H2,1-2H3,(H,39,40,41). The van der Waals surface area contributed by atoms with Crippen molar-refractivity contribution in [2.45, 2.75) is 43.5 Å². The van der Waals surface area contributed by atoms with Crippen molar-refractivity contribution in [2.24, 2.45) is 17.8 Å². The first-order valence-corrected chi connectivity index (χ1v) is 17.4. The first-order chi connectivity index (χ1) is 23.2. The number of benzene rings is 2. The Balaban J connectivity index is 1.34. The van der Waals surface area contributed by atoms with E-state index in [0.717, 1.165) is 52.5 Å². The molecule has 9 rings (SSSR count). The molecule has 2 bridgehead atoms. The number of nitrogens with one attached hydrogen (secondary N) is 1. The number of para-hydroxylation sites is 1. The molecule has 3 fully saturated rings. The zero-order chi connectivity index (χ0) is 33.2. The number of pyridine rings is 1. The van der Waals surface area contributed by atoms with Gasteiger partial charge in [-0.15, -0.1) is 0 Å². The molecule has 48 heavy (non-hydrogen) atoms. The van der Waals surface area contributed by atoms with Crippen molar-refractivity contribution in [1.82, 2.24) is 23.5 Å². The molecule has 0 spiro atoms. The third kappa shape index (κ3) is 4.93. The molecule has 2 unspecified atom stereocenters. The molecule has 1 N–H and O–H groups in total. The van der Waals surface area contributed by atoms with Crippen molar-refractivity contribution < 1.29 is 22.3 Å². The Morgan fingerprint density at radius 1 is 0.938 bits per heavy atom. The lowest BCUT2D eigenvalue weighted by Crippen LogP contribution is -2.51. The smallest absolute Gasteiger partial charge is 0.311 e. The number of carbonyl (C=O) groups excluding carboxylic acids is 1. The van der Waals surface area contributed by atoms with E-state index in [2.05, 4.69) is 10.3 Å². The van der Waals surface area contributed by atoms with Gasteiger partial charge >= 0.3 is 5.97 Å². The number of aromatic nitrogens is 5. The number of aryl methyl sites for hydroxylation is 1. The number of nitrogens with zero attached hydrogens (tertiary/aromatic N) is 5. The van der Waals surface area contributed by atoms with E-state index in [4.69, 9.17) is 14.7 Å². The van der Waals surface area contributed by atoms with E-state index in [1.165, 1.54) is 31.5 Å². The number of halogens is 1. The summed E-state index contributed by atoms with van der Waals surface area (Å²) in [7, 11) is -2.69. The molecule has 0 radical (unpaired) electrons. The summed E-state index contributed by atoms with van der Waals surface area (Å²) in [5.74, 6) is -0.0319. The van der Waals surface area contributed by atoms with Crippen LogP contribution in [0.3, 0.4) is 0 Å². The topological polar surface area (TPSA) is 121 Å². The van der Waals surface area contributed by atoms with Gasteiger partial charge in [0.05, 0.1) is 29.5 Å².